The lowest BCUT2D eigenvalue weighted by Gasteiger charge is -2.31. The minimum Gasteiger partial charge on any atom is -0.353 e. The Morgan fingerprint density at radius 3 is 2.73 bits per heavy atom. The number of piperidine rings is 1. The molecule has 114 valence electrons. The summed E-state index contributed by atoms with van der Waals surface area (Å²) in [6.45, 7) is 2.80. The number of hydrogen-bond donors (Lipinski definition) is 1. The maximum atomic E-state index is 12.1. The van der Waals surface area contributed by atoms with Crippen LogP contribution in [0, 0.1) is 11.3 Å². The average molecular weight is 297 g/mol. The number of carbonyl (C=O) groups is 2. The Morgan fingerprint density at radius 2 is 2.09 bits per heavy atom. The van der Waals surface area contributed by atoms with Gasteiger partial charge in [0.1, 0.15) is 0 Å². The Labute approximate surface area is 130 Å². The summed E-state index contributed by atoms with van der Waals surface area (Å²) < 4.78 is 0. The molecule has 1 fully saturated rings. The van der Waals surface area contributed by atoms with Gasteiger partial charge in [0.15, 0.2) is 0 Å². The van der Waals surface area contributed by atoms with Crippen molar-refractivity contribution in [3.8, 4) is 6.07 Å². The van der Waals surface area contributed by atoms with Crippen LogP contribution in [0.4, 0.5) is 0 Å². The van der Waals surface area contributed by atoms with Gasteiger partial charge in [-0.15, -0.1) is 0 Å². The number of rotatable bonds is 3. The van der Waals surface area contributed by atoms with E-state index in [1.807, 2.05) is 6.07 Å². The van der Waals surface area contributed by atoms with Crippen molar-refractivity contribution in [2.24, 2.45) is 0 Å². The van der Waals surface area contributed by atoms with Gasteiger partial charge in [0.25, 0.3) is 0 Å². The highest BCUT2D eigenvalue weighted by atomic mass is 16.2. The van der Waals surface area contributed by atoms with Crippen molar-refractivity contribution < 1.29 is 9.59 Å². The summed E-state index contributed by atoms with van der Waals surface area (Å²) in [5.74, 6) is -0.0642. The van der Waals surface area contributed by atoms with E-state index in [1.165, 1.54) is 13.0 Å². The summed E-state index contributed by atoms with van der Waals surface area (Å²) in [5.41, 5.74) is 1.41. The molecule has 2 amide bonds. The fourth-order valence-electron chi connectivity index (χ4n) is 2.52. The minimum atomic E-state index is -0.0383. The van der Waals surface area contributed by atoms with Crippen LogP contribution in [0.25, 0.3) is 6.08 Å². The quantitative estimate of drug-likeness (QED) is 0.863. The molecule has 0 atom stereocenters. The van der Waals surface area contributed by atoms with E-state index >= 15 is 0 Å². The van der Waals surface area contributed by atoms with E-state index in [9.17, 15) is 9.59 Å². The fourth-order valence-corrected chi connectivity index (χ4v) is 2.52. The van der Waals surface area contributed by atoms with Crippen molar-refractivity contribution >= 4 is 17.9 Å². The van der Waals surface area contributed by atoms with Crippen LogP contribution in [0.2, 0.25) is 0 Å². The smallest absolute Gasteiger partial charge is 0.246 e. The zero-order valence-electron chi connectivity index (χ0n) is 12.6. The van der Waals surface area contributed by atoms with Crippen LogP contribution < -0.4 is 5.32 Å². The summed E-state index contributed by atoms with van der Waals surface area (Å²) in [4.78, 5) is 24.9. The van der Waals surface area contributed by atoms with Crippen LogP contribution in [0.1, 0.15) is 30.9 Å². The normalized spacial score (nSPS) is 15.5. The molecule has 1 heterocycles. The molecule has 0 spiro atoms. The van der Waals surface area contributed by atoms with E-state index in [-0.39, 0.29) is 17.9 Å². The zero-order chi connectivity index (χ0) is 15.9. The van der Waals surface area contributed by atoms with Crippen LogP contribution in [0.15, 0.2) is 30.3 Å². The van der Waals surface area contributed by atoms with Crippen molar-refractivity contribution in [1.29, 1.82) is 5.26 Å². The first-order chi connectivity index (χ1) is 10.6. The third kappa shape index (κ3) is 4.45. The van der Waals surface area contributed by atoms with Crippen LogP contribution in [0.5, 0.6) is 0 Å². The number of nitrogens with zero attached hydrogens (tertiary/aromatic N) is 2. The van der Waals surface area contributed by atoms with E-state index in [0.29, 0.717) is 18.7 Å². The van der Waals surface area contributed by atoms with E-state index in [4.69, 9.17) is 5.26 Å². The molecule has 1 aromatic rings. The average Bonchev–Trinajstić information content (AvgIpc) is 2.53. The lowest BCUT2D eigenvalue weighted by atomic mass is 10.0. The largest absolute Gasteiger partial charge is 0.353 e. The Bertz CT molecular complexity index is 623. The molecular weight excluding hydrogens is 278 g/mol. The number of nitrogens with one attached hydrogen (secondary N) is 1. The highest BCUT2D eigenvalue weighted by Gasteiger charge is 2.21. The standard InChI is InChI=1S/C17H19N3O2/c1-13(21)19-16-7-9-20(10-8-16)17(22)6-5-14-3-2-4-15(11-14)12-18/h2-6,11,16H,7-10H2,1H3,(H,19,21)/b6-5+. The van der Waals surface area contributed by atoms with E-state index in [2.05, 4.69) is 11.4 Å². The highest BCUT2D eigenvalue weighted by molar-refractivity contribution is 5.91. The van der Waals surface area contributed by atoms with Gasteiger partial charge in [-0.25, -0.2) is 0 Å². The summed E-state index contributed by atoms with van der Waals surface area (Å²) in [7, 11) is 0. The van der Waals surface area contributed by atoms with Crippen molar-refractivity contribution in [3.63, 3.8) is 0 Å². The fraction of sp³-hybridized carbons (Fsp3) is 0.353. The highest BCUT2D eigenvalue weighted by Crippen LogP contribution is 2.12. The van der Waals surface area contributed by atoms with Gasteiger partial charge in [0, 0.05) is 32.1 Å². The minimum absolute atomic E-state index is 0.0259. The summed E-state index contributed by atoms with van der Waals surface area (Å²) in [6, 6.07) is 9.36. The van der Waals surface area contributed by atoms with E-state index < -0.39 is 0 Å². The predicted octanol–water partition coefficient (Wildman–Crippen LogP) is 1.70. The number of benzene rings is 1. The first-order valence-corrected chi connectivity index (χ1v) is 7.33. The van der Waals surface area contributed by atoms with E-state index in [1.54, 1.807) is 29.2 Å². The molecule has 0 saturated carbocycles. The second-order valence-electron chi connectivity index (χ2n) is 5.37. The Balaban J connectivity index is 1.89. The van der Waals surface area contributed by atoms with Crippen LogP contribution in [-0.2, 0) is 9.59 Å². The molecular formula is C17H19N3O2. The molecule has 1 N–H and O–H groups in total. The first-order valence-electron chi connectivity index (χ1n) is 7.33. The zero-order valence-corrected chi connectivity index (χ0v) is 12.6. The third-order valence-corrected chi connectivity index (χ3v) is 3.65. The monoisotopic (exact) mass is 297 g/mol. The molecule has 0 bridgehead atoms. The molecule has 0 radical (unpaired) electrons. The molecule has 0 unspecified atom stereocenters. The lowest BCUT2D eigenvalue weighted by Crippen LogP contribution is -2.45. The van der Waals surface area contributed by atoms with E-state index in [0.717, 1.165) is 18.4 Å². The molecule has 2 rings (SSSR count). The van der Waals surface area contributed by atoms with Gasteiger partial charge < -0.3 is 10.2 Å². The van der Waals surface area contributed by atoms with Crippen molar-refractivity contribution in [2.75, 3.05) is 13.1 Å². The van der Waals surface area contributed by atoms with Gasteiger partial charge in [-0.1, -0.05) is 12.1 Å². The van der Waals surface area contributed by atoms with Gasteiger partial charge in [0.2, 0.25) is 11.8 Å². The molecule has 5 heteroatoms. The predicted molar refractivity (Wildman–Crippen MR) is 83.6 cm³/mol. The molecule has 1 aliphatic heterocycles. The molecule has 22 heavy (non-hydrogen) atoms. The third-order valence-electron chi connectivity index (χ3n) is 3.65. The van der Waals surface area contributed by atoms with Gasteiger partial charge >= 0.3 is 0 Å². The topological polar surface area (TPSA) is 73.2 Å². The van der Waals surface area contributed by atoms with Crippen LogP contribution in [0.3, 0.4) is 0 Å². The molecule has 1 saturated heterocycles. The Morgan fingerprint density at radius 1 is 1.36 bits per heavy atom. The number of amides is 2. The molecule has 1 aliphatic rings. The second kappa shape index (κ2) is 7.41. The van der Waals surface area contributed by atoms with Crippen molar-refractivity contribution in [3.05, 3.63) is 41.5 Å². The molecule has 1 aromatic carbocycles. The molecule has 0 aliphatic carbocycles. The number of hydrogen-bond acceptors (Lipinski definition) is 3. The number of likely N-dealkylation sites (tertiary alicyclic amines) is 1. The Hall–Kier alpha value is -2.61. The van der Waals surface area contributed by atoms with Gasteiger partial charge in [-0.2, -0.15) is 5.26 Å². The summed E-state index contributed by atoms with van der Waals surface area (Å²) in [6.07, 6.45) is 4.82. The van der Waals surface area contributed by atoms with Crippen molar-refractivity contribution in [2.45, 2.75) is 25.8 Å². The maximum absolute atomic E-state index is 12.1. The molecule has 5 nitrogen and oxygen atoms in total. The molecule has 0 aromatic heterocycles. The SMILES string of the molecule is CC(=O)NC1CCN(C(=O)/C=C/c2cccc(C#N)c2)CC1. The Kier molecular flexibility index (Phi) is 5.31. The van der Waals surface area contributed by atoms with Gasteiger partial charge in [-0.3, -0.25) is 9.59 Å². The summed E-state index contributed by atoms with van der Waals surface area (Å²) in [5, 5.41) is 11.7. The summed E-state index contributed by atoms with van der Waals surface area (Å²) >= 11 is 0. The second-order valence-corrected chi connectivity index (χ2v) is 5.37. The number of carbonyl (C=O) groups excluding carboxylic acids is 2. The maximum Gasteiger partial charge on any atom is 0.246 e. The van der Waals surface area contributed by atoms with Crippen molar-refractivity contribution in [1.82, 2.24) is 10.2 Å². The van der Waals surface area contributed by atoms with Crippen LogP contribution >= 0.6 is 0 Å². The van der Waals surface area contributed by atoms with Crippen LogP contribution in [-0.4, -0.2) is 35.8 Å². The van der Waals surface area contributed by atoms with Gasteiger partial charge in [0.05, 0.1) is 11.6 Å². The first kappa shape index (κ1) is 15.8. The van der Waals surface area contributed by atoms with Gasteiger partial charge in [-0.05, 0) is 36.6 Å². The number of nitriles is 1. The lowest BCUT2D eigenvalue weighted by molar-refractivity contribution is -0.127.